The highest BCUT2D eigenvalue weighted by atomic mass is 16.5. The average Bonchev–Trinajstić information content (AvgIpc) is 3.24. The number of phenols is 1. The number of hydrogen-bond donors (Lipinski definition) is 5. The van der Waals surface area contributed by atoms with Gasteiger partial charge < -0.3 is 40.2 Å². The number of hydrogen-bond acceptors (Lipinski definition) is 8. The van der Waals surface area contributed by atoms with Crippen molar-refractivity contribution < 1.29 is 29.6 Å². The summed E-state index contributed by atoms with van der Waals surface area (Å²) in [6.07, 6.45) is 1.85. The van der Waals surface area contributed by atoms with Crippen LogP contribution in [0.4, 0.5) is 4.79 Å². The Morgan fingerprint density at radius 3 is 2.40 bits per heavy atom. The lowest BCUT2D eigenvalue weighted by Gasteiger charge is -2.50. The lowest BCUT2D eigenvalue weighted by molar-refractivity contribution is -0.000814. The van der Waals surface area contributed by atoms with E-state index in [0.717, 1.165) is 62.0 Å². The van der Waals surface area contributed by atoms with Crippen LogP contribution >= 0.6 is 0 Å². The number of carbonyl (C=O) groups is 2. The van der Waals surface area contributed by atoms with Crippen LogP contribution in [0, 0.1) is 5.92 Å². The Bertz CT molecular complexity index is 2200. The van der Waals surface area contributed by atoms with Crippen molar-refractivity contribution in [3.63, 3.8) is 0 Å². The number of rotatable bonds is 16. The lowest BCUT2D eigenvalue weighted by Crippen LogP contribution is -2.59. The molecular weight excluding hydrogens is 723 g/mol. The van der Waals surface area contributed by atoms with Gasteiger partial charge in [0.2, 0.25) is 5.56 Å². The number of nitrogens with one attached hydrogen (secondary N) is 2. The second-order valence-electron chi connectivity index (χ2n) is 15.2. The van der Waals surface area contributed by atoms with Crippen molar-refractivity contribution in [2.45, 2.75) is 50.5 Å². The molecule has 1 aromatic heterocycles. The summed E-state index contributed by atoms with van der Waals surface area (Å²) < 4.78 is 6.24. The highest BCUT2D eigenvalue weighted by Gasteiger charge is 2.43. The van der Waals surface area contributed by atoms with Crippen LogP contribution in [-0.2, 0) is 6.61 Å². The van der Waals surface area contributed by atoms with Crippen LogP contribution in [0.3, 0.4) is 0 Å². The van der Waals surface area contributed by atoms with Crippen LogP contribution in [0.2, 0.25) is 0 Å². The number of aromatic hydroxyl groups is 1. The molecule has 0 saturated carbocycles. The van der Waals surface area contributed by atoms with E-state index in [1.54, 1.807) is 29.0 Å². The summed E-state index contributed by atoms with van der Waals surface area (Å²) in [6.45, 7) is 4.62. The van der Waals surface area contributed by atoms with Gasteiger partial charge in [0.1, 0.15) is 18.1 Å². The number of ether oxygens (including phenoxy) is 1. The van der Waals surface area contributed by atoms with Crippen molar-refractivity contribution in [2.75, 3.05) is 46.3 Å². The smallest absolute Gasteiger partial charge is 0.408 e. The number of H-pyrrole nitrogens is 1. The summed E-state index contributed by atoms with van der Waals surface area (Å²) in [4.78, 5) is 46.3. The molecule has 12 nitrogen and oxygen atoms in total. The molecule has 2 amide bonds. The fourth-order valence-corrected chi connectivity index (χ4v) is 8.35. The maximum atomic E-state index is 13.2. The maximum absolute atomic E-state index is 13.2. The third kappa shape index (κ3) is 9.31. The number of aliphatic hydroxyl groups excluding tert-OH is 1. The molecule has 57 heavy (non-hydrogen) atoms. The molecule has 4 heterocycles. The van der Waals surface area contributed by atoms with E-state index in [-0.39, 0.29) is 29.9 Å². The van der Waals surface area contributed by atoms with Gasteiger partial charge in [-0.15, -0.1) is 0 Å². The van der Waals surface area contributed by atoms with E-state index in [2.05, 4.69) is 15.2 Å². The Balaban J connectivity index is 0.898. The van der Waals surface area contributed by atoms with Crippen LogP contribution in [0.5, 0.6) is 11.5 Å². The van der Waals surface area contributed by atoms with Gasteiger partial charge in [-0.25, -0.2) is 4.79 Å². The van der Waals surface area contributed by atoms with Gasteiger partial charge >= 0.3 is 6.09 Å². The maximum Gasteiger partial charge on any atom is 0.408 e. The van der Waals surface area contributed by atoms with Gasteiger partial charge in [-0.3, -0.25) is 14.5 Å². The number of aromatic nitrogens is 1. The first-order valence-corrected chi connectivity index (χ1v) is 19.8. The molecule has 4 aromatic carbocycles. The fourth-order valence-electron chi connectivity index (χ4n) is 8.35. The van der Waals surface area contributed by atoms with Crippen molar-refractivity contribution in [3.8, 4) is 11.5 Å². The third-order valence-electron chi connectivity index (χ3n) is 11.4. The van der Waals surface area contributed by atoms with Crippen LogP contribution < -0.4 is 15.6 Å². The number of carbonyl (C=O) groups excluding carboxylic acids is 1. The minimum atomic E-state index is -0.916. The van der Waals surface area contributed by atoms with Crippen molar-refractivity contribution in [1.29, 1.82) is 0 Å². The largest absolute Gasteiger partial charge is 0.506 e. The summed E-state index contributed by atoms with van der Waals surface area (Å²) in [5.41, 5.74) is 3.85. The van der Waals surface area contributed by atoms with Gasteiger partial charge in [-0.1, -0.05) is 60.7 Å². The van der Waals surface area contributed by atoms with Crippen LogP contribution in [-0.4, -0.2) is 99.4 Å². The lowest BCUT2D eigenvalue weighted by atomic mass is 9.81. The minimum absolute atomic E-state index is 0.0484. The zero-order valence-corrected chi connectivity index (χ0v) is 32.2. The number of aromatic amines is 1. The molecule has 298 valence electrons. The fraction of sp³-hybridized carbons (Fsp3) is 0.356. The van der Waals surface area contributed by atoms with E-state index in [0.29, 0.717) is 53.3 Å². The Hall–Kier alpha value is -5.69. The number of unbranched alkanes of at least 4 members (excludes halogenated alkanes) is 1. The monoisotopic (exact) mass is 773 g/mol. The van der Waals surface area contributed by atoms with E-state index in [1.165, 1.54) is 12.1 Å². The van der Waals surface area contributed by atoms with Crippen LogP contribution in [0.1, 0.15) is 70.4 Å². The molecule has 3 aliphatic rings. The predicted octanol–water partition coefficient (Wildman–Crippen LogP) is 6.15. The highest BCUT2D eigenvalue weighted by Crippen LogP contribution is 2.39. The summed E-state index contributed by atoms with van der Waals surface area (Å²) >= 11 is 0. The van der Waals surface area contributed by atoms with Crippen LogP contribution in [0.25, 0.3) is 10.9 Å². The van der Waals surface area contributed by atoms with Gasteiger partial charge in [0, 0.05) is 43.7 Å². The second kappa shape index (κ2) is 18.1. The number of phenolic OH excluding ortho intramolecular Hbond substituents is 1. The Morgan fingerprint density at radius 1 is 0.930 bits per heavy atom. The second-order valence-corrected chi connectivity index (χ2v) is 15.2. The number of amides is 2. The topological polar surface area (TPSA) is 159 Å². The highest BCUT2D eigenvalue weighted by molar-refractivity contribution is 5.94. The Morgan fingerprint density at radius 2 is 1.68 bits per heavy atom. The standard InChI is InChI=1S/C45H51N5O7/c1-48(23-6-5-22-46-27-40(52)36-16-18-39(51)42-37(36)17-19-41(53)47-42)44(54)33-14-12-30(13-15-33)29-57-35-11-7-10-34(26-35)43(32-8-3-2-4-9-32)50(45(55)56)38-28-49-24-20-31(38)21-25-49/h2-4,7-19,26,31,38,40,43,46,51-52H,5-6,20-25,27-29H2,1H3,(H,47,53)(H,55,56)/t38-,40-,43-/m0/s1. The van der Waals surface area contributed by atoms with Crippen molar-refractivity contribution in [1.82, 2.24) is 25.0 Å². The number of piperidine rings is 3. The quantitative estimate of drug-likeness (QED) is 0.0742. The van der Waals surface area contributed by atoms with E-state index in [9.17, 15) is 29.7 Å². The van der Waals surface area contributed by atoms with Gasteiger partial charge in [-0.05, 0) is 110 Å². The Kier molecular flexibility index (Phi) is 12.5. The number of pyridine rings is 1. The molecular formula is C45H51N5O7. The van der Waals surface area contributed by atoms with Crippen molar-refractivity contribution in [3.05, 3.63) is 141 Å². The molecule has 2 bridgehead atoms. The normalized spacial score (nSPS) is 18.5. The summed E-state index contributed by atoms with van der Waals surface area (Å²) in [6, 6.07) is 30.5. The van der Waals surface area contributed by atoms with E-state index in [1.807, 2.05) is 78.9 Å². The predicted molar refractivity (Wildman–Crippen MR) is 219 cm³/mol. The first-order valence-electron chi connectivity index (χ1n) is 19.8. The summed E-state index contributed by atoms with van der Waals surface area (Å²) in [5, 5.41) is 35.4. The molecule has 3 fully saturated rings. The first kappa shape index (κ1) is 39.5. The molecule has 12 heteroatoms. The Labute approximate surface area is 332 Å². The van der Waals surface area contributed by atoms with Gasteiger partial charge in [0.15, 0.2) is 0 Å². The molecule has 0 aliphatic carbocycles. The minimum Gasteiger partial charge on any atom is -0.506 e. The molecule has 5 N–H and O–H groups in total. The zero-order valence-electron chi connectivity index (χ0n) is 32.2. The zero-order chi connectivity index (χ0) is 39.9. The molecule has 5 aromatic rings. The molecule has 3 aliphatic heterocycles. The number of aliphatic hydroxyl groups is 1. The SMILES string of the molecule is CN(CCCCNC[C@H](O)c1ccc(O)c2[nH]c(=O)ccc12)C(=O)c1ccc(COc2cccc([C@H](c3ccccc3)N(C(=O)O)[C@H]3CN4CCC3CC4)c2)cc1. The molecule has 8 rings (SSSR count). The summed E-state index contributed by atoms with van der Waals surface area (Å²) in [5.74, 6) is 0.863. The van der Waals surface area contributed by atoms with Crippen molar-refractivity contribution in [2.24, 2.45) is 5.92 Å². The van der Waals surface area contributed by atoms with E-state index in [4.69, 9.17) is 4.74 Å². The van der Waals surface area contributed by atoms with Gasteiger partial charge in [0.05, 0.1) is 23.7 Å². The molecule has 0 spiro atoms. The average molecular weight is 774 g/mol. The number of nitrogens with zero attached hydrogens (tertiary/aromatic N) is 3. The number of benzene rings is 4. The number of carboxylic acid groups (broad SMARTS) is 1. The van der Waals surface area contributed by atoms with E-state index < -0.39 is 18.2 Å². The molecule has 0 radical (unpaired) electrons. The third-order valence-corrected chi connectivity index (χ3v) is 11.4. The van der Waals surface area contributed by atoms with Gasteiger partial charge in [0.25, 0.3) is 5.91 Å². The molecule has 0 unspecified atom stereocenters. The van der Waals surface area contributed by atoms with Crippen molar-refractivity contribution >= 4 is 22.9 Å². The number of fused-ring (bicyclic) bond motifs is 4. The van der Waals surface area contributed by atoms with Gasteiger partial charge in [-0.2, -0.15) is 0 Å². The van der Waals surface area contributed by atoms with Crippen LogP contribution in [0.15, 0.2) is 108 Å². The first-order chi connectivity index (χ1) is 27.7. The molecule has 3 saturated heterocycles. The molecule has 3 atom stereocenters. The van der Waals surface area contributed by atoms with E-state index >= 15 is 0 Å². The summed E-state index contributed by atoms with van der Waals surface area (Å²) in [7, 11) is 1.79.